The van der Waals surface area contributed by atoms with E-state index < -0.39 is 5.97 Å². The molecule has 0 aliphatic carbocycles. The molecule has 3 rings (SSSR count). The van der Waals surface area contributed by atoms with Gasteiger partial charge in [0.25, 0.3) is 0 Å². The molecule has 0 aliphatic heterocycles. The van der Waals surface area contributed by atoms with Gasteiger partial charge in [0, 0.05) is 16.3 Å². The van der Waals surface area contributed by atoms with E-state index in [4.69, 9.17) is 14.6 Å². The fourth-order valence-electron chi connectivity index (χ4n) is 2.55. The average Bonchev–Trinajstić information content (AvgIpc) is 2.71. The van der Waals surface area contributed by atoms with Gasteiger partial charge in [-0.3, -0.25) is 4.99 Å². The van der Waals surface area contributed by atoms with Crippen molar-refractivity contribution in [2.24, 2.45) is 4.99 Å². The van der Waals surface area contributed by atoms with E-state index in [1.165, 1.54) is 0 Å². The van der Waals surface area contributed by atoms with Gasteiger partial charge >= 0.3 is 5.97 Å². The van der Waals surface area contributed by atoms with Crippen LogP contribution in [0.2, 0.25) is 0 Å². The Morgan fingerprint density at radius 3 is 2.54 bits per heavy atom. The van der Waals surface area contributed by atoms with Gasteiger partial charge in [-0.05, 0) is 48.0 Å². The van der Waals surface area contributed by atoms with Crippen LogP contribution < -0.4 is 9.47 Å². The van der Waals surface area contributed by atoms with Crippen LogP contribution in [0.25, 0.3) is 0 Å². The number of para-hydroxylation sites is 1. The molecule has 0 atom stereocenters. The number of hydrogen-bond donors (Lipinski definition) is 1. The lowest BCUT2D eigenvalue weighted by Crippen LogP contribution is -2.02. The number of carboxylic acids is 1. The summed E-state index contributed by atoms with van der Waals surface area (Å²) in [5, 5.41) is 8.99. The third-order valence-corrected chi connectivity index (χ3v) is 4.47. The molecule has 6 heteroatoms. The molecule has 3 aromatic rings. The van der Waals surface area contributed by atoms with E-state index in [-0.39, 0.29) is 12.2 Å². The second-order valence-electron chi connectivity index (χ2n) is 5.91. The van der Waals surface area contributed by atoms with E-state index in [2.05, 4.69) is 20.9 Å². The SMILES string of the molecule is COc1cccc(C=Nc2cccc(Br)c2)c1OCc1ccc(C(=O)O)cc1. The molecule has 0 bridgehead atoms. The van der Waals surface area contributed by atoms with Gasteiger partial charge in [-0.25, -0.2) is 4.79 Å². The smallest absolute Gasteiger partial charge is 0.335 e. The molecule has 5 nitrogen and oxygen atoms in total. The fraction of sp³-hybridized carbons (Fsp3) is 0.0909. The van der Waals surface area contributed by atoms with Gasteiger partial charge < -0.3 is 14.6 Å². The molecule has 0 spiro atoms. The molecule has 142 valence electrons. The first-order valence-electron chi connectivity index (χ1n) is 8.48. The molecule has 0 heterocycles. The van der Waals surface area contributed by atoms with Crippen molar-refractivity contribution in [1.82, 2.24) is 0 Å². The van der Waals surface area contributed by atoms with Crippen molar-refractivity contribution in [2.75, 3.05) is 7.11 Å². The Kier molecular flexibility index (Phi) is 6.45. The number of hydrogen-bond acceptors (Lipinski definition) is 4. The van der Waals surface area contributed by atoms with Gasteiger partial charge in [-0.1, -0.05) is 40.2 Å². The number of rotatable bonds is 7. The van der Waals surface area contributed by atoms with Crippen molar-refractivity contribution in [1.29, 1.82) is 0 Å². The summed E-state index contributed by atoms with van der Waals surface area (Å²) in [5.41, 5.74) is 2.68. The zero-order valence-electron chi connectivity index (χ0n) is 15.1. The Morgan fingerprint density at radius 2 is 1.86 bits per heavy atom. The van der Waals surface area contributed by atoms with Crippen LogP contribution in [0.1, 0.15) is 21.5 Å². The van der Waals surface area contributed by atoms with Crippen LogP contribution in [-0.2, 0) is 6.61 Å². The van der Waals surface area contributed by atoms with Gasteiger partial charge in [0.1, 0.15) is 6.61 Å². The van der Waals surface area contributed by atoms with Gasteiger partial charge in [-0.15, -0.1) is 0 Å². The highest BCUT2D eigenvalue weighted by Crippen LogP contribution is 2.31. The molecule has 0 saturated heterocycles. The van der Waals surface area contributed by atoms with Crippen molar-refractivity contribution in [3.63, 3.8) is 0 Å². The number of halogens is 1. The zero-order valence-corrected chi connectivity index (χ0v) is 16.7. The summed E-state index contributed by atoms with van der Waals surface area (Å²) >= 11 is 3.44. The number of methoxy groups -OCH3 is 1. The Balaban J connectivity index is 1.82. The normalized spacial score (nSPS) is 10.8. The third-order valence-electron chi connectivity index (χ3n) is 3.97. The van der Waals surface area contributed by atoms with Crippen LogP contribution in [0.4, 0.5) is 5.69 Å². The van der Waals surface area contributed by atoms with Crippen LogP contribution in [0.5, 0.6) is 11.5 Å². The summed E-state index contributed by atoms with van der Waals surface area (Å²) in [4.78, 5) is 15.5. The van der Waals surface area contributed by atoms with Crippen LogP contribution >= 0.6 is 15.9 Å². The fourth-order valence-corrected chi connectivity index (χ4v) is 2.94. The molecular formula is C22H18BrNO4. The van der Waals surface area contributed by atoms with Crippen LogP contribution in [-0.4, -0.2) is 24.4 Å². The third kappa shape index (κ3) is 4.98. The summed E-state index contributed by atoms with van der Waals surface area (Å²) in [6.07, 6.45) is 1.73. The van der Waals surface area contributed by atoms with E-state index in [0.717, 1.165) is 21.3 Å². The number of benzene rings is 3. The van der Waals surface area contributed by atoms with E-state index in [9.17, 15) is 4.79 Å². The minimum Gasteiger partial charge on any atom is -0.493 e. The second-order valence-corrected chi connectivity index (χ2v) is 6.82. The molecule has 28 heavy (non-hydrogen) atoms. The number of carbonyl (C=O) groups is 1. The number of carboxylic acid groups (broad SMARTS) is 1. The highest BCUT2D eigenvalue weighted by atomic mass is 79.9. The maximum atomic E-state index is 11.0. The Labute approximate surface area is 171 Å². The van der Waals surface area contributed by atoms with Crippen molar-refractivity contribution < 1.29 is 19.4 Å². The maximum Gasteiger partial charge on any atom is 0.335 e. The predicted octanol–water partition coefficient (Wildman–Crippen LogP) is 5.49. The second kappa shape index (κ2) is 9.19. The first kappa shape index (κ1) is 19.6. The summed E-state index contributed by atoms with van der Waals surface area (Å²) in [5.74, 6) is 0.217. The number of nitrogens with zero attached hydrogens (tertiary/aromatic N) is 1. The summed E-state index contributed by atoms with van der Waals surface area (Å²) in [7, 11) is 1.58. The molecule has 0 aromatic heterocycles. The lowest BCUT2D eigenvalue weighted by molar-refractivity contribution is 0.0697. The van der Waals surface area contributed by atoms with Crippen molar-refractivity contribution >= 4 is 33.8 Å². The summed E-state index contributed by atoms with van der Waals surface area (Å²) < 4.78 is 12.4. The molecule has 0 fully saturated rings. The van der Waals surface area contributed by atoms with Gasteiger partial charge in [0.05, 0.1) is 18.4 Å². The molecule has 0 unspecified atom stereocenters. The Morgan fingerprint density at radius 1 is 1.11 bits per heavy atom. The van der Waals surface area contributed by atoms with Crippen LogP contribution in [0.3, 0.4) is 0 Å². The first-order chi connectivity index (χ1) is 13.6. The van der Waals surface area contributed by atoms with Crippen LogP contribution in [0.15, 0.2) is 76.2 Å². The summed E-state index contributed by atoms with van der Waals surface area (Å²) in [6.45, 7) is 0.276. The molecular weight excluding hydrogens is 422 g/mol. The number of aliphatic imine (C=N–C) groups is 1. The van der Waals surface area contributed by atoms with Gasteiger partial charge in [0.15, 0.2) is 11.5 Å². The van der Waals surface area contributed by atoms with Crippen molar-refractivity contribution in [3.05, 3.63) is 87.9 Å². The Hall–Kier alpha value is -3.12. The monoisotopic (exact) mass is 439 g/mol. The maximum absolute atomic E-state index is 11.0. The van der Waals surface area contributed by atoms with Crippen molar-refractivity contribution in [2.45, 2.75) is 6.61 Å². The zero-order chi connectivity index (χ0) is 19.9. The quantitative estimate of drug-likeness (QED) is 0.494. The minimum atomic E-state index is -0.955. The highest BCUT2D eigenvalue weighted by Gasteiger charge is 2.10. The lowest BCUT2D eigenvalue weighted by atomic mass is 10.1. The average molecular weight is 440 g/mol. The lowest BCUT2D eigenvalue weighted by Gasteiger charge is -2.13. The van der Waals surface area contributed by atoms with E-state index in [1.54, 1.807) is 37.6 Å². The first-order valence-corrected chi connectivity index (χ1v) is 9.28. The predicted molar refractivity (Wildman–Crippen MR) is 112 cm³/mol. The van der Waals surface area contributed by atoms with Gasteiger partial charge in [0.2, 0.25) is 0 Å². The molecule has 0 aliphatic rings. The Bertz CT molecular complexity index is 1000. The molecule has 1 N–H and O–H groups in total. The number of aromatic carboxylic acids is 1. The minimum absolute atomic E-state index is 0.239. The molecule has 0 amide bonds. The van der Waals surface area contributed by atoms with Crippen LogP contribution in [0, 0.1) is 0 Å². The van der Waals surface area contributed by atoms with E-state index in [1.807, 2.05) is 42.5 Å². The van der Waals surface area contributed by atoms with E-state index >= 15 is 0 Å². The largest absolute Gasteiger partial charge is 0.493 e. The molecule has 0 saturated carbocycles. The van der Waals surface area contributed by atoms with E-state index in [0.29, 0.717) is 11.5 Å². The summed E-state index contributed by atoms with van der Waals surface area (Å²) in [6, 6.07) is 19.8. The molecule has 0 radical (unpaired) electrons. The number of ether oxygens (including phenoxy) is 2. The van der Waals surface area contributed by atoms with Crippen molar-refractivity contribution in [3.8, 4) is 11.5 Å². The van der Waals surface area contributed by atoms with Gasteiger partial charge in [-0.2, -0.15) is 0 Å². The highest BCUT2D eigenvalue weighted by molar-refractivity contribution is 9.10. The topological polar surface area (TPSA) is 68.1 Å². The standard InChI is InChI=1S/C22H18BrNO4/c1-27-20-7-2-4-17(13-24-19-6-3-5-18(23)12-19)21(20)28-14-15-8-10-16(11-9-15)22(25)26/h2-13H,14H2,1H3,(H,25,26). The molecule has 3 aromatic carbocycles.